The number of pyridine rings is 1. The van der Waals surface area contributed by atoms with Gasteiger partial charge in [0.25, 0.3) is 5.91 Å². The molecule has 31 heavy (non-hydrogen) atoms. The van der Waals surface area contributed by atoms with Gasteiger partial charge in [-0.1, -0.05) is 24.3 Å². The summed E-state index contributed by atoms with van der Waals surface area (Å²) in [5, 5.41) is 0. The molecular formula is C25H27N5O. The first-order chi connectivity index (χ1) is 15.2. The van der Waals surface area contributed by atoms with Crippen LogP contribution in [0.25, 0.3) is 0 Å². The van der Waals surface area contributed by atoms with E-state index in [1.54, 1.807) is 0 Å². The van der Waals surface area contributed by atoms with Crippen molar-refractivity contribution in [2.75, 3.05) is 18.0 Å². The van der Waals surface area contributed by atoms with Crippen LogP contribution in [-0.4, -0.2) is 38.8 Å². The predicted molar refractivity (Wildman–Crippen MR) is 120 cm³/mol. The van der Waals surface area contributed by atoms with Gasteiger partial charge in [-0.15, -0.1) is 0 Å². The third-order valence-corrected chi connectivity index (χ3v) is 6.28. The van der Waals surface area contributed by atoms with Crippen molar-refractivity contribution in [1.82, 2.24) is 19.9 Å². The van der Waals surface area contributed by atoms with Crippen molar-refractivity contribution in [3.05, 3.63) is 83.1 Å². The number of benzene rings is 1. The highest BCUT2D eigenvalue weighted by atomic mass is 16.2. The van der Waals surface area contributed by atoms with Gasteiger partial charge in [0.05, 0.1) is 18.3 Å². The molecule has 0 aliphatic carbocycles. The number of aromatic nitrogens is 3. The van der Waals surface area contributed by atoms with E-state index in [0.717, 1.165) is 73.9 Å². The zero-order valence-corrected chi connectivity index (χ0v) is 17.9. The number of carbonyl (C=O) groups excluding carboxylic acids is 1. The Balaban J connectivity index is 1.47. The molecule has 6 heteroatoms. The fourth-order valence-electron chi connectivity index (χ4n) is 4.72. The van der Waals surface area contributed by atoms with Crippen molar-refractivity contribution in [2.24, 2.45) is 0 Å². The Labute approximate surface area is 183 Å². The summed E-state index contributed by atoms with van der Waals surface area (Å²) < 4.78 is 0. The molecule has 2 aromatic heterocycles. The SMILES string of the molecule is Cc1nc([C@H]2CCCN2C(=O)c2ccccc2)nc2c1CCCN2Cc1ccccn1. The smallest absolute Gasteiger partial charge is 0.254 e. The van der Waals surface area contributed by atoms with E-state index in [4.69, 9.17) is 9.97 Å². The lowest BCUT2D eigenvalue weighted by Gasteiger charge is -2.32. The molecule has 1 aromatic carbocycles. The van der Waals surface area contributed by atoms with Crippen LogP contribution in [0, 0.1) is 6.92 Å². The van der Waals surface area contributed by atoms with E-state index in [2.05, 4.69) is 22.9 Å². The maximum absolute atomic E-state index is 13.2. The molecule has 0 bridgehead atoms. The van der Waals surface area contributed by atoms with Crippen molar-refractivity contribution >= 4 is 11.7 Å². The van der Waals surface area contributed by atoms with Gasteiger partial charge in [-0.2, -0.15) is 0 Å². The average molecular weight is 414 g/mol. The first-order valence-electron chi connectivity index (χ1n) is 11.1. The summed E-state index contributed by atoms with van der Waals surface area (Å²) in [4.78, 5) is 31.9. The van der Waals surface area contributed by atoms with Crippen LogP contribution in [0.5, 0.6) is 0 Å². The van der Waals surface area contributed by atoms with Crippen LogP contribution in [-0.2, 0) is 13.0 Å². The van der Waals surface area contributed by atoms with Gasteiger partial charge < -0.3 is 9.80 Å². The lowest BCUT2D eigenvalue weighted by molar-refractivity contribution is 0.0729. The third-order valence-electron chi connectivity index (χ3n) is 6.28. The summed E-state index contributed by atoms with van der Waals surface area (Å²) in [6, 6.07) is 15.5. The van der Waals surface area contributed by atoms with E-state index in [1.165, 1.54) is 5.56 Å². The fraction of sp³-hybridized carbons (Fsp3) is 0.360. The van der Waals surface area contributed by atoms with E-state index in [-0.39, 0.29) is 11.9 Å². The van der Waals surface area contributed by atoms with Crippen molar-refractivity contribution < 1.29 is 4.79 Å². The van der Waals surface area contributed by atoms with Crippen molar-refractivity contribution in [1.29, 1.82) is 0 Å². The zero-order chi connectivity index (χ0) is 21.2. The summed E-state index contributed by atoms with van der Waals surface area (Å²) in [5.41, 5.74) is 4.02. The Kier molecular flexibility index (Phi) is 5.37. The molecule has 0 spiro atoms. The molecule has 2 aliphatic rings. The summed E-state index contributed by atoms with van der Waals surface area (Å²) in [5.74, 6) is 1.84. The first kappa shape index (κ1) is 19.7. The van der Waals surface area contributed by atoms with Crippen LogP contribution in [0.3, 0.4) is 0 Å². The number of hydrogen-bond acceptors (Lipinski definition) is 5. The molecule has 6 nitrogen and oxygen atoms in total. The van der Waals surface area contributed by atoms with E-state index < -0.39 is 0 Å². The Bertz CT molecular complexity index is 1070. The van der Waals surface area contributed by atoms with Crippen LogP contribution in [0.4, 0.5) is 5.82 Å². The number of anilines is 1. The molecule has 0 saturated carbocycles. The molecule has 4 heterocycles. The molecule has 1 saturated heterocycles. The Hall–Kier alpha value is -3.28. The van der Waals surface area contributed by atoms with Gasteiger partial charge in [0.15, 0.2) is 5.82 Å². The minimum absolute atomic E-state index is 0.0624. The Morgan fingerprint density at radius 3 is 2.68 bits per heavy atom. The molecule has 2 aliphatic heterocycles. The molecule has 1 amide bonds. The molecule has 5 rings (SSSR count). The van der Waals surface area contributed by atoms with E-state index in [0.29, 0.717) is 0 Å². The summed E-state index contributed by atoms with van der Waals surface area (Å²) >= 11 is 0. The van der Waals surface area contributed by atoms with Crippen molar-refractivity contribution in [2.45, 2.75) is 45.2 Å². The molecule has 1 fully saturated rings. The minimum Gasteiger partial charge on any atom is -0.350 e. The van der Waals surface area contributed by atoms with Crippen molar-refractivity contribution in [3.8, 4) is 0 Å². The van der Waals surface area contributed by atoms with Gasteiger partial charge in [-0.25, -0.2) is 9.97 Å². The highest BCUT2D eigenvalue weighted by Crippen LogP contribution is 2.35. The number of carbonyl (C=O) groups is 1. The van der Waals surface area contributed by atoms with Crippen LogP contribution in [0.1, 0.15) is 58.4 Å². The molecule has 3 aromatic rings. The van der Waals surface area contributed by atoms with E-state index in [1.807, 2.05) is 53.6 Å². The second-order valence-electron chi connectivity index (χ2n) is 8.34. The normalized spacial score (nSPS) is 18.2. The fourth-order valence-corrected chi connectivity index (χ4v) is 4.72. The van der Waals surface area contributed by atoms with E-state index >= 15 is 0 Å². The van der Waals surface area contributed by atoms with Gasteiger partial charge >= 0.3 is 0 Å². The predicted octanol–water partition coefficient (Wildman–Crippen LogP) is 4.11. The lowest BCUT2D eigenvalue weighted by Crippen LogP contribution is -2.34. The largest absolute Gasteiger partial charge is 0.350 e. The highest BCUT2D eigenvalue weighted by Gasteiger charge is 2.34. The summed E-state index contributed by atoms with van der Waals surface area (Å²) in [6.07, 6.45) is 5.79. The Morgan fingerprint density at radius 2 is 1.87 bits per heavy atom. The molecule has 0 N–H and O–H groups in total. The van der Waals surface area contributed by atoms with Crippen LogP contribution < -0.4 is 4.90 Å². The zero-order valence-electron chi connectivity index (χ0n) is 17.9. The van der Waals surface area contributed by atoms with Gasteiger partial charge in [0, 0.05) is 36.1 Å². The summed E-state index contributed by atoms with van der Waals surface area (Å²) in [7, 11) is 0. The minimum atomic E-state index is -0.0738. The highest BCUT2D eigenvalue weighted by molar-refractivity contribution is 5.94. The monoisotopic (exact) mass is 413 g/mol. The number of nitrogens with zero attached hydrogens (tertiary/aromatic N) is 5. The molecule has 1 atom stereocenters. The maximum atomic E-state index is 13.2. The lowest BCUT2D eigenvalue weighted by atomic mass is 10.0. The molecule has 0 unspecified atom stereocenters. The number of hydrogen-bond donors (Lipinski definition) is 0. The number of rotatable bonds is 4. The number of fused-ring (bicyclic) bond motifs is 1. The standard InChI is InChI=1S/C25H27N5O/c1-18-21-12-7-15-29(17-20-11-5-6-14-26-20)24(21)28-23(27-18)22-13-8-16-30(22)25(31)19-9-3-2-4-10-19/h2-6,9-11,14,22H,7-8,12-13,15-17H2,1H3/t22-/m1/s1. The maximum Gasteiger partial charge on any atom is 0.254 e. The van der Waals surface area contributed by atoms with Crippen molar-refractivity contribution in [3.63, 3.8) is 0 Å². The molecular weight excluding hydrogens is 386 g/mol. The van der Waals surface area contributed by atoms with Gasteiger partial charge in [0.2, 0.25) is 0 Å². The third kappa shape index (κ3) is 3.90. The number of aryl methyl sites for hydroxylation is 1. The Morgan fingerprint density at radius 1 is 1.03 bits per heavy atom. The second kappa shape index (κ2) is 8.46. The quantitative estimate of drug-likeness (QED) is 0.644. The molecule has 0 radical (unpaired) electrons. The molecule has 158 valence electrons. The van der Waals surface area contributed by atoms with Crippen LogP contribution in [0.15, 0.2) is 54.7 Å². The van der Waals surface area contributed by atoms with Gasteiger partial charge in [-0.05, 0) is 56.9 Å². The van der Waals surface area contributed by atoms with Gasteiger partial charge in [0.1, 0.15) is 5.82 Å². The number of amides is 1. The topological polar surface area (TPSA) is 62.2 Å². The van der Waals surface area contributed by atoms with E-state index in [9.17, 15) is 4.79 Å². The average Bonchev–Trinajstić information content (AvgIpc) is 3.30. The summed E-state index contributed by atoms with van der Waals surface area (Å²) in [6.45, 7) is 4.51. The van der Waals surface area contributed by atoms with Gasteiger partial charge in [-0.3, -0.25) is 9.78 Å². The van der Waals surface area contributed by atoms with Crippen LogP contribution in [0.2, 0.25) is 0 Å². The second-order valence-corrected chi connectivity index (χ2v) is 8.34. The van der Waals surface area contributed by atoms with Crippen LogP contribution >= 0.6 is 0 Å². The number of likely N-dealkylation sites (tertiary alicyclic amines) is 1. The first-order valence-corrected chi connectivity index (χ1v) is 11.1.